The zero-order valence-electron chi connectivity index (χ0n) is 12.9. The molecule has 0 saturated heterocycles. The Bertz CT molecular complexity index is 709. The normalized spacial score (nSPS) is 24.0. The molecule has 0 spiro atoms. The molecular formula is C16H17Br2NO4. The van der Waals surface area contributed by atoms with Crippen molar-refractivity contribution in [3.8, 4) is 5.75 Å². The molecule has 1 saturated carbocycles. The van der Waals surface area contributed by atoms with Crippen LogP contribution in [-0.4, -0.2) is 26.8 Å². The Morgan fingerprint density at radius 1 is 1.35 bits per heavy atom. The first-order valence-electron chi connectivity index (χ1n) is 7.27. The second-order valence-corrected chi connectivity index (χ2v) is 10.7. The number of rotatable bonds is 2. The van der Waals surface area contributed by atoms with Crippen LogP contribution in [0.4, 0.5) is 5.69 Å². The van der Waals surface area contributed by atoms with Crippen LogP contribution >= 0.6 is 31.9 Å². The molecule has 2 N–H and O–H groups in total. The van der Waals surface area contributed by atoms with Gasteiger partial charge in [-0.1, -0.05) is 58.7 Å². The van der Waals surface area contributed by atoms with Gasteiger partial charge in [-0.05, 0) is 6.07 Å². The number of amides is 1. The Hall–Kier alpha value is -1.08. The maximum atomic E-state index is 12.2. The van der Waals surface area contributed by atoms with Crippen LogP contribution in [0.5, 0.6) is 5.75 Å². The van der Waals surface area contributed by atoms with Crippen molar-refractivity contribution < 1.29 is 19.4 Å². The summed E-state index contributed by atoms with van der Waals surface area (Å²) < 4.78 is 5.48. The van der Waals surface area contributed by atoms with E-state index in [9.17, 15) is 14.7 Å². The monoisotopic (exact) mass is 445 g/mol. The van der Waals surface area contributed by atoms with E-state index in [0.717, 1.165) is 5.56 Å². The number of anilines is 1. The highest BCUT2D eigenvalue weighted by atomic mass is 79.9. The van der Waals surface area contributed by atoms with E-state index in [4.69, 9.17) is 4.74 Å². The molecule has 2 aliphatic rings. The number of halogens is 2. The van der Waals surface area contributed by atoms with E-state index in [2.05, 4.69) is 37.2 Å². The van der Waals surface area contributed by atoms with Gasteiger partial charge in [0.15, 0.2) is 0 Å². The zero-order valence-corrected chi connectivity index (χ0v) is 16.1. The largest absolute Gasteiger partial charge is 0.492 e. The SMILES string of the molecule is CC(C)(C)C(=O)Nc1ccc2c(c1C(=O)O)OCC1C2C1(Br)Br. The third-order valence-corrected chi connectivity index (χ3v) is 6.44. The first-order valence-corrected chi connectivity index (χ1v) is 8.86. The predicted octanol–water partition coefficient (Wildman–Crippen LogP) is 3.96. The molecule has 1 heterocycles. The van der Waals surface area contributed by atoms with Crippen LogP contribution in [-0.2, 0) is 4.79 Å². The standard InChI is InChI=1S/C16H17Br2NO4/c1-15(2,3)14(22)19-9-5-4-7-11-8(16(11,17)18)6-23-12(7)10(9)13(20)21/h4-5,8,11H,6H2,1-3H3,(H,19,22)(H,20,21). The lowest BCUT2D eigenvalue weighted by Gasteiger charge is -2.22. The van der Waals surface area contributed by atoms with Gasteiger partial charge in [-0.15, -0.1) is 0 Å². The third-order valence-electron chi connectivity index (χ3n) is 4.28. The lowest BCUT2D eigenvalue weighted by atomic mass is 9.94. The molecule has 5 nitrogen and oxygen atoms in total. The molecule has 0 radical (unpaired) electrons. The van der Waals surface area contributed by atoms with Crippen molar-refractivity contribution in [2.24, 2.45) is 11.3 Å². The summed E-state index contributed by atoms with van der Waals surface area (Å²) in [6.07, 6.45) is 0. The summed E-state index contributed by atoms with van der Waals surface area (Å²) in [7, 11) is 0. The van der Waals surface area contributed by atoms with Crippen LogP contribution < -0.4 is 10.1 Å². The van der Waals surface area contributed by atoms with Gasteiger partial charge < -0.3 is 15.2 Å². The van der Waals surface area contributed by atoms with Crippen LogP contribution in [0, 0.1) is 11.3 Å². The van der Waals surface area contributed by atoms with Gasteiger partial charge in [0.05, 0.1) is 15.5 Å². The quantitative estimate of drug-likeness (QED) is 0.674. The van der Waals surface area contributed by atoms with Crippen molar-refractivity contribution in [3.05, 3.63) is 23.3 Å². The molecule has 1 fully saturated rings. The molecule has 124 valence electrons. The molecule has 1 aromatic carbocycles. The average Bonchev–Trinajstić information content (AvgIpc) is 2.99. The highest BCUT2D eigenvalue weighted by molar-refractivity contribution is 9.25. The molecule has 0 bridgehead atoms. The number of aromatic carboxylic acids is 1. The first-order chi connectivity index (χ1) is 10.5. The van der Waals surface area contributed by atoms with Crippen LogP contribution in [0.25, 0.3) is 0 Å². The molecule has 2 unspecified atom stereocenters. The molecule has 7 heteroatoms. The van der Waals surface area contributed by atoms with Crippen LogP contribution in [0.15, 0.2) is 12.1 Å². The molecule has 0 aromatic heterocycles. The predicted molar refractivity (Wildman–Crippen MR) is 93.8 cm³/mol. The highest BCUT2D eigenvalue weighted by Crippen LogP contribution is 2.70. The molecule has 1 aliphatic carbocycles. The summed E-state index contributed by atoms with van der Waals surface area (Å²) in [5, 5.41) is 12.3. The second kappa shape index (κ2) is 5.21. The van der Waals surface area contributed by atoms with Crippen molar-refractivity contribution in [1.29, 1.82) is 0 Å². The van der Waals surface area contributed by atoms with E-state index < -0.39 is 11.4 Å². The third kappa shape index (κ3) is 2.67. The molecule has 3 rings (SSSR count). The fourth-order valence-corrected chi connectivity index (χ4v) is 4.48. The Morgan fingerprint density at radius 3 is 2.57 bits per heavy atom. The Balaban J connectivity index is 2.04. The van der Waals surface area contributed by atoms with E-state index in [-0.39, 0.29) is 32.2 Å². The highest BCUT2D eigenvalue weighted by Gasteiger charge is 2.65. The van der Waals surface area contributed by atoms with Crippen molar-refractivity contribution in [2.45, 2.75) is 29.9 Å². The number of alkyl halides is 2. The van der Waals surface area contributed by atoms with Gasteiger partial charge >= 0.3 is 5.97 Å². The van der Waals surface area contributed by atoms with Crippen LogP contribution in [0.3, 0.4) is 0 Å². The number of fused-ring (bicyclic) bond motifs is 3. The number of carbonyl (C=O) groups excluding carboxylic acids is 1. The van der Waals surface area contributed by atoms with E-state index in [1.54, 1.807) is 26.8 Å². The molecule has 1 aliphatic heterocycles. The molecule has 1 amide bonds. The van der Waals surface area contributed by atoms with Gasteiger partial charge in [-0.25, -0.2) is 4.79 Å². The summed E-state index contributed by atoms with van der Waals surface area (Å²) in [6, 6.07) is 3.48. The van der Waals surface area contributed by atoms with Crippen molar-refractivity contribution in [1.82, 2.24) is 0 Å². The zero-order chi connectivity index (χ0) is 17.2. The van der Waals surface area contributed by atoms with Gasteiger partial charge in [0, 0.05) is 22.8 Å². The van der Waals surface area contributed by atoms with Gasteiger partial charge in [0.1, 0.15) is 11.3 Å². The second-order valence-electron chi connectivity index (χ2n) is 6.99. The van der Waals surface area contributed by atoms with Gasteiger partial charge in [-0.2, -0.15) is 0 Å². The van der Waals surface area contributed by atoms with Crippen LogP contribution in [0.1, 0.15) is 42.6 Å². The van der Waals surface area contributed by atoms with E-state index in [1.807, 2.05) is 6.07 Å². The van der Waals surface area contributed by atoms with Gasteiger partial charge in [-0.3, -0.25) is 4.79 Å². The molecule has 2 atom stereocenters. The number of carboxylic acids is 1. The molecule has 1 aromatic rings. The topological polar surface area (TPSA) is 75.6 Å². The fraction of sp³-hybridized carbons (Fsp3) is 0.500. The molecular weight excluding hydrogens is 430 g/mol. The van der Waals surface area contributed by atoms with E-state index in [0.29, 0.717) is 12.4 Å². The fourth-order valence-electron chi connectivity index (χ4n) is 2.82. The minimum atomic E-state index is -1.11. The Morgan fingerprint density at radius 2 is 2.00 bits per heavy atom. The number of nitrogens with one attached hydrogen (secondary N) is 1. The summed E-state index contributed by atoms with van der Waals surface area (Å²) >= 11 is 7.23. The van der Waals surface area contributed by atoms with E-state index >= 15 is 0 Å². The summed E-state index contributed by atoms with van der Waals surface area (Å²) in [5.41, 5.74) is 0.516. The van der Waals surface area contributed by atoms with Gasteiger partial charge in [0.2, 0.25) is 5.91 Å². The minimum Gasteiger partial charge on any atom is -0.492 e. The summed E-state index contributed by atoms with van der Waals surface area (Å²) in [5.74, 6) is -0.565. The Labute approximate surface area is 151 Å². The Kier molecular flexibility index (Phi) is 3.80. The average molecular weight is 447 g/mol. The summed E-state index contributed by atoms with van der Waals surface area (Å²) in [4.78, 5) is 23.9. The summed E-state index contributed by atoms with van der Waals surface area (Å²) in [6.45, 7) is 5.76. The van der Waals surface area contributed by atoms with E-state index in [1.165, 1.54) is 0 Å². The van der Waals surface area contributed by atoms with Crippen molar-refractivity contribution >= 4 is 49.4 Å². The number of carboxylic acid groups (broad SMARTS) is 1. The lowest BCUT2D eigenvalue weighted by Crippen LogP contribution is -2.28. The maximum absolute atomic E-state index is 12.2. The smallest absolute Gasteiger partial charge is 0.341 e. The van der Waals surface area contributed by atoms with Crippen molar-refractivity contribution in [3.63, 3.8) is 0 Å². The van der Waals surface area contributed by atoms with Crippen LogP contribution in [0.2, 0.25) is 0 Å². The number of hydrogen-bond donors (Lipinski definition) is 2. The van der Waals surface area contributed by atoms with Gasteiger partial charge in [0.25, 0.3) is 0 Å². The number of hydrogen-bond acceptors (Lipinski definition) is 3. The number of benzene rings is 1. The minimum absolute atomic E-state index is 0.0150. The maximum Gasteiger partial charge on any atom is 0.341 e. The number of carbonyl (C=O) groups is 2. The first kappa shape index (κ1) is 16.8. The molecule has 23 heavy (non-hydrogen) atoms. The van der Waals surface area contributed by atoms with Crippen molar-refractivity contribution in [2.75, 3.05) is 11.9 Å². The lowest BCUT2D eigenvalue weighted by molar-refractivity contribution is -0.123. The number of ether oxygens (including phenoxy) is 1.